The average Bonchev–Trinajstić information content (AvgIpc) is 3.05. The maximum Gasteiger partial charge on any atom is 0.261 e. The van der Waals surface area contributed by atoms with E-state index in [-0.39, 0.29) is 17.7 Å². The molecule has 3 rings (SSSR count). The lowest BCUT2D eigenvalue weighted by Crippen LogP contribution is -2.46. The zero-order valence-corrected chi connectivity index (χ0v) is 19.2. The van der Waals surface area contributed by atoms with Crippen LogP contribution in [0.5, 0.6) is 0 Å². The molecule has 1 saturated heterocycles. The van der Waals surface area contributed by atoms with Crippen LogP contribution in [-0.2, 0) is 22.9 Å². The second-order valence-electron chi connectivity index (χ2n) is 9.33. The van der Waals surface area contributed by atoms with Crippen molar-refractivity contribution in [3.63, 3.8) is 0 Å². The molecular weight excluding hydrogens is 392 g/mol. The number of carbonyl (C=O) groups is 1. The Kier molecular flexibility index (Phi) is 6.57. The highest BCUT2D eigenvalue weighted by atomic mass is 32.2. The summed E-state index contributed by atoms with van der Waals surface area (Å²) in [5.41, 5.74) is 1.65. The highest BCUT2D eigenvalue weighted by molar-refractivity contribution is 7.89. The molecule has 0 bridgehead atoms. The van der Waals surface area contributed by atoms with Gasteiger partial charge in [0.25, 0.3) is 5.91 Å². The third kappa shape index (κ3) is 4.97. The summed E-state index contributed by atoms with van der Waals surface area (Å²) in [4.78, 5) is 14.9. The first-order valence-electron chi connectivity index (χ1n) is 10.5. The molecule has 1 aromatic heterocycles. The molecule has 2 aliphatic rings. The largest absolute Gasteiger partial charge is 0.349 e. The number of nitrogens with one attached hydrogen (secondary N) is 1. The molecule has 0 saturated carbocycles. The minimum atomic E-state index is -3.13. The molecule has 0 aromatic carbocycles. The molecule has 1 aliphatic carbocycles. The van der Waals surface area contributed by atoms with E-state index in [1.165, 1.54) is 16.9 Å². The highest BCUT2D eigenvalue weighted by Gasteiger charge is 2.31. The van der Waals surface area contributed by atoms with Crippen LogP contribution in [0.4, 0.5) is 0 Å². The van der Waals surface area contributed by atoms with E-state index >= 15 is 0 Å². The second-order valence-corrected chi connectivity index (χ2v) is 12.6. The fourth-order valence-electron chi connectivity index (χ4n) is 4.30. The van der Waals surface area contributed by atoms with Crippen LogP contribution >= 0.6 is 11.3 Å². The number of amides is 1. The Labute approximate surface area is 173 Å². The van der Waals surface area contributed by atoms with Gasteiger partial charge in [-0.1, -0.05) is 27.7 Å². The Bertz CT molecular complexity index is 800. The monoisotopic (exact) mass is 426 g/mol. The van der Waals surface area contributed by atoms with E-state index in [9.17, 15) is 13.2 Å². The lowest BCUT2D eigenvalue weighted by Gasteiger charge is -2.33. The van der Waals surface area contributed by atoms with E-state index < -0.39 is 10.0 Å². The maximum absolute atomic E-state index is 12.8. The first-order chi connectivity index (χ1) is 13.1. The van der Waals surface area contributed by atoms with Crippen molar-refractivity contribution in [2.45, 2.75) is 72.3 Å². The van der Waals surface area contributed by atoms with Gasteiger partial charge in [-0.25, -0.2) is 12.7 Å². The minimum Gasteiger partial charge on any atom is -0.349 e. The average molecular weight is 427 g/mol. The zero-order chi connectivity index (χ0) is 20.5. The van der Waals surface area contributed by atoms with Crippen LogP contribution in [-0.4, -0.2) is 43.5 Å². The van der Waals surface area contributed by atoms with Gasteiger partial charge in [0.05, 0.1) is 10.6 Å². The molecule has 1 aromatic rings. The Balaban J connectivity index is 1.56. The van der Waals surface area contributed by atoms with Gasteiger partial charge >= 0.3 is 0 Å². The lowest BCUT2D eigenvalue weighted by molar-refractivity contribution is 0.0928. The van der Waals surface area contributed by atoms with Gasteiger partial charge in [-0.2, -0.15) is 0 Å². The number of hydrogen-bond acceptors (Lipinski definition) is 4. The highest BCUT2D eigenvalue weighted by Crippen LogP contribution is 2.40. The Morgan fingerprint density at radius 2 is 1.93 bits per heavy atom. The summed E-state index contributed by atoms with van der Waals surface area (Å²) in [5, 5.41) is 3.14. The molecule has 28 heavy (non-hydrogen) atoms. The van der Waals surface area contributed by atoms with Crippen LogP contribution in [0.1, 0.15) is 73.5 Å². The summed E-state index contributed by atoms with van der Waals surface area (Å²) in [7, 11) is -3.13. The van der Waals surface area contributed by atoms with Crippen molar-refractivity contribution in [2.24, 2.45) is 11.3 Å². The van der Waals surface area contributed by atoms with Gasteiger partial charge < -0.3 is 5.32 Å². The number of thiophene rings is 1. The minimum absolute atomic E-state index is 0.00146. The maximum atomic E-state index is 12.8. The van der Waals surface area contributed by atoms with E-state index in [0.29, 0.717) is 43.7 Å². The molecular formula is C21H34N2O3S2. The van der Waals surface area contributed by atoms with Crippen LogP contribution in [0.15, 0.2) is 6.07 Å². The van der Waals surface area contributed by atoms with Crippen molar-refractivity contribution in [3.8, 4) is 0 Å². The van der Waals surface area contributed by atoms with Gasteiger partial charge in [-0.15, -0.1) is 11.3 Å². The van der Waals surface area contributed by atoms with E-state index in [0.717, 1.165) is 17.7 Å². The molecule has 5 nitrogen and oxygen atoms in total. The molecule has 158 valence electrons. The third-order valence-electron chi connectivity index (χ3n) is 6.18. The second kappa shape index (κ2) is 8.44. The Morgan fingerprint density at radius 1 is 1.25 bits per heavy atom. The lowest BCUT2D eigenvalue weighted by atomic mass is 9.72. The van der Waals surface area contributed by atoms with Gasteiger partial charge in [-0.3, -0.25) is 4.79 Å². The topological polar surface area (TPSA) is 66.5 Å². The Hall–Kier alpha value is -0.920. The molecule has 2 heterocycles. The summed E-state index contributed by atoms with van der Waals surface area (Å²) in [5.74, 6) is 0.877. The van der Waals surface area contributed by atoms with E-state index in [1.54, 1.807) is 15.6 Å². The summed E-state index contributed by atoms with van der Waals surface area (Å²) < 4.78 is 25.9. The summed E-state index contributed by atoms with van der Waals surface area (Å²) in [6.45, 7) is 9.79. The van der Waals surface area contributed by atoms with Crippen LogP contribution in [0, 0.1) is 11.3 Å². The Morgan fingerprint density at radius 3 is 2.54 bits per heavy atom. The number of hydrogen-bond donors (Lipinski definition) is 1. The molecule has 1 amide bonds. The molecule has 1 fully saturated rings. The first-order valence-corrected chi connectivity index (χ1v) is 12.9. The molecule has 7 heteroatoms. The van der Waals surface area contributed by atoms with Crippen molar-refractivity contribution in [1.29, 1.82) is 0 Å². The van der Waals surface area contributed by atoms with Crippen molar-refractivity contribution in [3.05, 3.63) is 21.4 Å². The number of piperidine rings is 1. The zero-order valence-electron chi connectivity index (χ0n) is 17.6. The predicted octanol–water partition coefficient (Wildman–Crippen LogP) is 3.83. The molecule has 1 aliphatic heterocycles. The first kappa shape index (κ1) is 21.8. The number of carbonyl (C=O) groups excluding carboxylic acids is 1. The summed E-state index contributed by atoms with van der Waals surface area (Å²) in [6, 6.07) is 2.15. The predicted molar refractivity (Wildman–Crippen MR) is 115 cm³/mol. The smallest absolute Gasteiger partial charge is 0.261 e. The number of aryl methyl sites for hydroxylation is 1. The van der Waals surface area contributed by atoms with Crippen LogP contribution in [0.25, 0.3) is 0 Å². The summed E-state index contributed by atoms with van der Waals surface area (Å²) >= 11 is 1.64. The van der Waals surface area contributed by atoms with Gasteiger partial charge in [0, 0.05) is 24.0 Å². The van der Waals surface area contributed by atoms with Crippen molar-refractivity contribution in [2.75, 3.05) is 18.8 Å². The number of fused-ring (bicyclic) bond motifs is 1. The fourth-order valence-corrected chi connectivity index (χ4v) is 6.95. The fraction of sp³-hybridized carbons (Fsp3) is 0.762. The van der Waals surface area contributed by atoms with E-state index in [4.69, 9.17) is 0 Å². The molecule has 0 spiro atoms. The molecule has 0 radical (unpaired) electrons. The SMILES string of the molecule is CCCS(=O)(=O)N1CCC(NC(=O)c2cc3c(s2)CCC(C(C)(C)C)C3)CC1. The normalized spacial score (nSPS) is 22.1. The van der Waals surface area contributed by atoms with E-state index in [2.05, 4.69) is 32.2 Å². The van der Waals surface area contributed by atoms with Crippen LogP contribution in [0.3, 0.4) is 0 Å². The van der Waals surface area contributed by atoms with E-state index in [1.807, 2.05) is 6.92 Å². The van der Waals surface area contributed by atoms with Gasteiger partial charge in [-0.05, 0) is 61.5 Å². The van der Waals surface area contributed by atoms with Gasteiger partial charge in [0.2, 0.25) is 10.0 Å². The summed E-state index contributed by atoms with van der Waals surface area (Å²) in [6.07, 6.45) is 5.35. The molecule has 1 atom stereocenters. The van der Waals surface area contributed by atoms with Gasteiger partial charge in [0.1, 0.15) is 0 Å². The molecule has 1 unspecified atom stereocenters. The quantitative estimate of drug-likeness (QED) is 0.778. The van der Waals surface area contributed by atoms with Gasteiger partial charge in [0.15, 0.2) is 0 Å². The molecule has 1 N–H and O–H groups in total. The standard InChI is InChI=1S/C21H34N2O3S2/c1-5-12-28(25,26)23-10-8-17(9-11-23)22-20(24)19-14-15-13-16(21(2,3)4)6-7-18(15)27-19/h14,16-17H,5-13H2,1-4H3,(H,22,24). The van der Waals surface area contributed by atoms with Crippen molar-refractivity contribution in [1.82, 2.24) is 9.62 Å². The van der Waals surface area contributed by atoms with Crippen LogP contribution < -0.4 is 5.32 Å². The number of nitrogens with zero attached hydrogens (tertiary/aromatic N) is 1. The van der Waals surface area contributed by atoms with Crippen molar-refractivity contribution < 1.29 is 13.2 Å². The van der Waals surface area contributed by atoms with Crippen LogP contribution in [0.2, 0.25) is 0 Å². The third-order valence-corrected chi connectivity index (χ3v) is 9.49. The van der Waals surface area contributed by atoms with Crippen molar-refractivity contribution >= 4 is 27.3 Å². The number of sulfonamides is 1. The number of rotatable bonds is 5.